The van der Waals surface area contributed by atoms with E-state index in [9.17, 15) is 0 Å². The van der Waals surface area contributed by atoms with Gasteiger partial charge in [0.25, 0.3) is 0 Å². The van der Waals surface area contributed by atoms with E-state index in [1.807, 2.05) is 0 Å². The van der Waals surface area contributed by atoms with Crippen molar-refractivity contribution in [1.82, 2.24) is 0 Å². The molecule has 0 saturated carbocycles. The lowest BCUT2D eigenvalue weighted by molar-refractivity contribution is 0.332. The maximum atomic E-state index is 6.94. The summed E-state index contributed by atoms with van der Waals surface area (Å²) in [5.74, 6) is 0. The molecule has 1 N–H and O–H groups in total. The topological polar surface area (TPSA) is 28.4 Å². The summed E-state index contributed by atoms with van der Waals surface area (Å²) in [6.45, 7) is 31.5. The third-order valence-electron chi connectivity index (χ3n) is 17.1. The highest BCUT2D eigenvalue weighted by Crippen LogP contribution is 2.53. The van der Waals surface area contributed by atoms with Crippen molar-refractivity contribution in [3.8, 4) is 11.1 Å². The Morgan fingerprint density at radius 3 is 1.69 bits per heavy atom. The molecule has 11 rings (SSSR count). The molecule has 0 bridgehead atoms. The lowest BCUT2D eigenvalue weighted by Crippen LogP contribution is -2.44. The van der Waals surface area contributed by atoms with Gasteiger partial charge in [0.2, 0.25) is 0 Å². The molecule has 0 saturated heterocycles. The van der Waals surface area contributed by atoms with Gasteiger partial charge in [0, 0.05) is 39.1 Å². The molecule has 0 fully saturated rings. The summed E-state index contributed by atoms with van der Waals surface area (Å²) in [5.41, 5.74) is 23.2. The fourth-order valence-corrected chi connectivity index (χ4v) is 12.5. The van der Waals surface area contributed by atoms with Crippen LogP contribution in [0.1, 0.15) is 161 Å². The summed E-state index contributed by atoms with van der Waals surface area (Å²) in [4.78, 5) is 2.62. The molecule has 1 aromatic heterocycles. The van der Waals surface area contributed by atoms with E-state index in [-0.39, 0.29) is 32.5 Å². The molecule has 3 nitrogen and oxygen atoms in total. The molecule has 7 aromatic rings. The molecular formula is C61H68BN2O. The molecular weight excluding hydrogens is 787 g/mol. The van der Waals surface area contributed by atoms with Crippen LogP contribution in [0.2, 0.25) is 0 Å². The van der Waals surface area contributed by atoms with Gasteiger partial charge in [-0.25, -0.2) is 0 Å². The highest BCUT2D eigenvalue weighted by atomic mass is 16.3. The van der Waals surface area contributed by atoms with Crippen molar-refractivity contribution in [3.05, 3.63) is 136 Å². The van der Waals surface area contributed by atoms with Crippen molar-refractivity contribution < 1.29 is 4.42 Å². The number of hydrogen-bond acceptors (Lipinski definition) is 3. The highest BCUT2D eigenvalue weighted by Gasteiger charge is 2.42. The average molecular weight is 856 g/mol. The largest absolute Gasteiger partial charge is 0.454 e. The van der Waals surface area contributed by atoms with Crippen molar-refractivity contribution in [2.24, 2.45) is 0 Å². The molecule has 0 spiro atoms. The summed E-state index contributed by atoms with van der Waals surface area (Å²) in [5, 5.41) is 6.33. The molecule has 4 aliphatic rings. The summed E-state index contributed by atoms with van der Waals surface area (Å²) in [7, 11) is 2.51. The standard InChI is InChI=1S/C61H68BN2O/c1-36-30-42(40-20-21-41-39-16-14-15-17-52(39)65-55(41)54(40)63-37-18-22-43-45(32-37)58(6,7)26-24-56(43,2)3)53-51(31-36)64(38-19-23-44-46(33-38)59(8,9)27-25-57(44,4)5)50-35-48-47(34-49(50)62-53)60(10,11)28-29-61(48,12)13/h14-23,30-35,63H,24-29H2,1-13H3. The van der Waals surface area contributed by atoms with E-state index in [0.29, 0.717) is 0 Å². The Morgan fingerprint density at radius 1 is 0.492 bits per heavy atom. The van der Waals surface area contributed by atoms with Crippen molar-refractivity contribution >= 4 is 68.6 Å². The Bertz CT molecular complexity index is 3130. The minimum absolute atomic E-state index is 0.0790. The number of nitrogens with one attached hydrogen (secondary N) is 1. The monoisotopic (exact) mass is 856 g/mol. The van der Waals surface area contributed by atoms with Crippen molar-refractivity contribution in [1.29, 1.82) is 0 Å². The van der Waals surface area contributed by atoms with Crippen LogP contribution in [0.5, 0.6) is 0 Å². The SMILES string of the molecule is Cc1cc(-c2ccc3c(oc4ccccc43)c2Nc2ccc3c(c2)C(C)(C)CCC3(C)C)c2c(c1)N(c1ccc3c(c1)C(C)(C)CCC3(C)C)c1cc3c(cc1[B]2)C(C)(C)CCC3(C)C. The number of furan rings is 1. The van der Waals surface area contributed by atoms with Gasteiger partial charge in [-0.3, -0.25) is 0 Å². The second-order valence-corrected chi connectivity index (χ2v) is 24.6. The van der Waals surface area contributed by atoms with Crippen LogP contribution in [0, 0.1) is 6.92 Å². The summed E-state index contributed by atoms with van der Waals surface area (Å²) in [6.07, 6.45) is 7.09. The van der Waals surface area contributed by atoms with Crippen LogP contribution in [0.3, 0.4) is 0 Å². The molecule has 3 aliphatic carbocycles. The highest BCUT2D eigenvalue weighted by molar-refractivity contribution is 6.73. The number of anilines is 5. The first-order chi connectivity index (χ1) is 30.5. The Balaban J connectivity index is 1.17. The molecule has 0 unspecified atom stereocenters. The van der Waals surface area contributed by atoms with Gasteiger partial charge >= 0.3 is 0 Å². The molecule has 0 atom stereocenters. The fourth-order valence-electron chi connectivity index (χ4n) is 12.5. The summed E-state index contributed by atoms with van der Waals surface area (Å²) >= 11 is 0. The third kappa shape index (κ3) is 6.58. The van der Waals surface area contributed by atoms with Crippen LogP contribution in [-0.2, 0) is 32.5 Å². The number of aryl methyl sites for hydroxylation is 1. The van der Waals surface area contributed by atoms with E-state index in [1.165, 1.54) is 111 Å². The second kappa shape index (κ2) is 13.9. The maximum absolute atomic E-state index is 6.94. The first-order valence-electron chi connectivity index (χ1n) is 24.6. The van der Waals surface area contributed by atoms with Gasteiger partial charge in [0.1, 0.15) is 5.58 Å². The number of fused-ring (bicyclic) bond motifs is 8. The van der Waals surface area contributed by atoms with E-state index in [2.05, 4.69) is 205 Å². The number of nitrogens with zero attached hydrogens (tertiary/aromatic N) is 1. The van der Waals surface area contributed by atoms with Gasteiger partial charge in [0.15, 0.2) is 12.9 Å². The lowest BCUT2D eigenvalue weighted by atomic mass is 9.55. The quantitative estimate of drug-likeness (QED) is 0.179. The average Bonchev–Trinajstić information content (AvgIpc) is 3.64. The van der Waals surface area contributed by atoms with E-state index in [4.69, 9.17) is 4.42 Å². The molecule has 1 radical (unpaired) electrons. The zero-order chi connectivity index (χ0) is 45.8. The first-order valence-corrected chi connectivity index (χ1v) is 24.6. The van der Waals surface area contributed by atoms with Gasteiger partial charge < -0.3 is 14.6 Å². The fraction of sp³-hybridized carbons (Fsp3) is 0.410. The first kappa shape index (κ1) is 42.4. The predicted octanol–water partition coefficient (Wildman–Crippen LogP) is 15.8. The van der Waals surface area contributed by atoms with Crippen LogP contribution in [0.15, 0.2) is 101 Å². The van der Waals surface area contributed by atoms with Crippen LogP contribution >= 0.6 is 0 Å². The minimum Gasteiger partial charge on any atom is -0.454 e. The van der Waals surface area contributed by atoms with E-state index >= 15 is 0 Å². The number of rotatable bonds is 4. The second-order valence-electron chi connectivity index (χ2n) is 24.6. The molecule has 331 valence electrons. The Labute approximate surface area is 389 Å². The molecule has 6 aromatic carbocycles. The zero-order valence-electron chi connectivity index (χ0n) is 41.4. The smallest absolute Gasteiger partial charge is 0.197 e. The van der Waals surface area contributed by atoms with Crippen molar-refractivity contribution in [3.63, 3.8) is 0 Å². The number of benzene rings is 6. The third-order valence-corrected chi connectivity index (χ3v) is 17.1. The lowest BCUT2D eigenvalue weighted by Gasteiger charge is -2.45. The van der Waals surface area contributed by atoms with Gasteiger partial charge in [-0.2, -0.15) is 0 Å². The van der Waals surface area contributed by atoms with Crippen LogP contribution in [0.4, 0.5) is 28.4 Å². The Kier molecular flexibility index (Phi) is 9.08. The van der Waals surface area contributed by atoms with Gasteiger partial charge in [-0.15, -0.1) is 0 Å². The van der Waals surface area contributed by atoms with Gasteiger partial charge in [-0.05, 0) is 176 Å². The summed E-state index contributed by atoms with van der Waals surface area (Å²) < 4.78 is 6.94. The zero-order valence-corrected chi connectivity index (χ0v) is 41.4. The molecule has 65 heavy (non-hydrogen) atoms. The molecule has 2 heterocycles. The number of hydrogen-bond donors (Lipinski definition) is 1. The van der Waals surface area contributed by atoms with Crippen molar-refractivity contribution in [2.75, 3.05) is 10.2 Å². The summed E-state index contributed by atoms with van der Waals surface area (Å²) in [6, 6.07) is 37.7. The number of para-hydroxylation sites is 1. The maximum Gasteiger partial charge on any atom is 0.197 e. The minimum atomic E-state index is 0.0790. The Morgan fingerprint density at radius 2 is 1.05 bits per heavy atom. The van der Waals surface area contributed by atoms with Gasteiger partial charge in [0.05, 0.1) is 5.69 Å². The normalized spacial score (nSPS) is 20.2. The van der Waals surface area contributed by atoms with E-state index in [0.717, 1.165) is 38.9 Å². The van der Waals surface area contributed by atoms with Crippen molar-refractivity contribution in [2.45, 2.75) is 161 Å². The van der Waals surface area contributed by atoms with Crippen LogP contribution < -0.4 is 21.1 Å². The molecule has 0 amide bonds. The van der Waals surface area contributed by atoms with E-state index in [1.54, 1.807) is 0 Å². The van der Waals surface area contributed by atoms with Crippen LogP contribution in [0.25, 0.3) is 33.1 Å². The Hall–Kier alpha value is -5.22. The van der Waals surface area contributed by atoms with Crippen LogP contribution in [-0.4, -0.2) is 7.28 Å². The predicted molar refractivity (Wildman–Crippen MR) is 279 cm³/mol. The molecule has 1 aliphatic heterocycles. The molecule has 4 heteroatoms. The van der Waals surface area contributed by atoms with Gasteiger partial charge in [-0.1, -0.05) is 137 Å². The van der Waals surface area contributed by atoms with E-state index < -0.39 is 0 Å².